The van der Waals surface area contributed by atoms with Crippen LogP contribution in [0.2, 0.25) is 0 Å². The van der Waals surface area contributed by atoms with Crippen molar-refractivity contribution >= 4 is 37.9 Å². The summed E-state index contributed by atoms with van der Waals surface area (Å²) in [7, 11) is -3.59. The van der Waals surface area contributed by atoms with Crippen molar-refractivity contribution in [3.05, 3.63) is 57.5 Å². The lowest BCUT2D eigenvalue weighted by Crippen LogP contribution is -2.30. The predicted molar refractivity (Wildman–Crippen MR) is 109 cm³/mol. The summed E-state index contributed by atoms with van der Waals surface area (Å²) in [6.45, 7) is 5.91. The Bertz CT molecular complexity index is 1180. The smallest absolute Gasteiger partial charge is 0.282 e. The van der Waals surface area contributed by atoms with Crippen LogP contribution < -0.4 is 10.9 Å². The third-order valence-corrected chi connectivity index (χ3v) is 7.17. The summed E-state index contributed by atoms with van der Waals surface area (Å²) >= 11 is 1.33. The van der Waals surface area contributed by atoms with E-state index in [0.717, 1.165) is 0 Å². The van der Waals surface area contributed by atoms with Gasteiger partial charge in [-0.05, 0) is 31.2 Å². The molecule has 0 spiro atoms. The molecule has 10 heteroatoms. The fraction of sp³-hybridized carbons (Fsp3) is 0.278. The summed E-state index contributed by atoms with van der Waals surface area (Å²) in [6, 6.07) is 5.63. The highest BCUT2D eigenvalue weighted by Gasteiger charge is 2.22. The van der Waals surface area contributed by atoms with Crippen LogP contribution in [0.1, 0.15) is 29.9 Å². The monoisotopic (exact) mass is 420 g/mol. The molecule has 0 aliphatic carbocycles. The van der Waals surface area contributed by atoms with E-state index in [9.17, 15) is 18.0 Å². The number of rotatable bonds is 6. The summed E-state index contributed by atoms with van der Waals surface area (Å²) in [6.07, 6.45) is 1.59. The van der Waals surface area contributed by atoms with Gasteiger partial charge in [0.1, 0.15) is 5.69 Å². The highest BCUT2D eigenvalue weighted by atomic mass is 32.2. The number of carbonyl (C=O) groups is 1. The first-order valence-corrected chi connectivity index (χ1v) is 11.0. The number of amides is 1. The molecule has 0 fully saturated rings. The molecule has 1 amide bonds. The number of carbonyl (C=O) groups excluding carboxylic acids is 1. The number of anilines is 1. The van der Waals surface area contributed by atoms with Gasteiger partial charge >= 0.3 is 0 Å². The molecule has 3 aromatic rings. The van der Waals surface area contributed by atoms with E-state index in [2.05, 4.69) is 10.3 Å². The molecule has 1 N–H and O–H groups in total. The Balaban J connectivity index is 1.88. The second-order valence-electron chi connectivity index (χ2n) is 6.00. The second kappa shape index (κ2) is 7.82. The number of sulfonamides is 1. The van der Waals surface area contributed by atoms with Gasteiger partial charge in [0, 0.05) is 30.2 Å². The minimum absolute atomic E-state index is 0.0979. The highest BCUT2D eigenvalue weighted by Crippen LogP contribution is 2.18. The van der Waals surface area contributed by atoms with Gasteiger partial charge in [-0.15, -0.1) is 11.3 Å². The molecule has 0 unspecified atom stereocenters. The molecular formula is C18H20N4O4S2. The zero-order valence-corrected chi connectivity index (χ0v) is 17.3. The summed E-state index contributed by atoms with van der Waals surface area (Å²) in [4.78, 5) is 30.1. The Morgan fingerprint density at radius 1 is 1.21 bits per heavy atom. The Morgan fingerprint density at radius 3 is 2.46 bits per heavy atom. The Hall–Kier alpha value is -2.56. The summed E-state index contributed by atoms with van der Waals surface area (Å²) in [5.74, 6) is -0.510. The lowest BCUT2D eigenvalue weighted by Gasteiger charge is -2.18. The minimum Gasteiger partial charge on any atom is -0.316 e. The molecule has 0 aliphatic rings. The Labute approximate surface area is 166 Å². The first-order valence-electron chi connectivity index (χ1n) is 8.67. The van der Waals surface area contributed by atoms with E-state index in [1.807, 2.05) is 0 Å². The number of hydrogen-bond acceptors (Lipinski definition) is 6. The van der Waals surface area contributed by atoms with Crippen LogP contribution >= 0.6 is 11.3 Å². The van der Waals surface area contributed by atoms with Crippen molar-refractivity contribution in [2.24, 2.45) is 0 Å². The Kier molecular flexibility index (Phi) is 5.64. The maximum atomic E-state index is 12.6. The minimum atomic E-state index is -3.59. The van der Waals surface area contributed by atoms with Crippen LogP contribution in [0.3, 0.4) is 0 Å². The van der Waals surface area contributed by atoms with Crippen molar-refractivity contribution in [3.8, 4) is 0 Å². The molecule has 2 heterocycles. The van der Waals surface area contributed by atoms with Crippen molar-refractivity contribution in [1.29, 1.82) is 0 Å². The van der Waals surface area contributed by atoms with Gasteiger partial charge in [0.15, 0.2) is 4.96 Å². The van der Waals surface area contributed by atoms with Crippen molar-refractivity contribution < 1.29 is 13.2 Å². The average molecular weight is 421 g/mol. The molecule has 0 atom stereocenters. The zero-order chi connectivity index (χ0) is 20.5. The molecule has 0 bridgehead atoms. The van der Waals surface area contributed by atoms with Crippen LogP contribution in [0.15, 0.2) is 45.5 Å². The van der Waals surface area contributed by atoms with Crippen LogP contribution in [0.25, 0.3) is 4.96 Å². The normalized spacial score (nSPS) is 11.9. The number of benzene rings is 1. The second-order valence-corrected chi connectivity index (χ2v) is 8.81. The SMILES string of the molecule is CCN(CC)S(=O)(=O)c1ccc(C(=O)Nc2c(C)nc3sccn3c2=O)cc1. The molecule has 0 saturated carbocycles. The van der Waals surface area contributed by atoms with Crippen molar-refractivity contribution in [3.63, 3.8) is 0 Å². The first-order chi connectivity index (χ1) is 13.3. The van der Waals surface area contributed by atoms with E-state index >= 15 is 0 Å². The molecule has 8 nitrogen and oxygen atoms in total. The van der Waals surface area contributed by atoms with E-state index < -0.39 is 15.9 Å². The fourth-order valence-electron chi connectivity index (χ4n) is 2.80. The quantitative estimate of drug-likeness (QED) is 0.660. The van der Waals surface area contributed by atoms with Crippen LogP contribution in [0.5, 0.6) is 0 Å². The van der Waals surface area contributed by atoms with E-state index in [0.29, 0.717) is 23.7 Å². The largest absolute Gasteiger partial charge is 0.316 e. The zero-order valence-electron chi connectivity index (χ0n) is 15.7. The number of nitrogens with one attached hydrogen (secondary N) is 1. The summed E-state index contributed by atoms with van der Waals surface area (Å²) < 4.78 is 27.8. The number of nitrogens with zero attached hydrogens (tertiary/aromatic N) is 3. The van der Waals surface area contributed by atoms with Gasteiger partial charge in [-0.3, -0.25) is 14.0 Å². The standard InChI is InChI=1S/C18H20N4O4S2/c1-4-21(5-2)28(25,26)14-8-6-13(7-9-14)16(23)20-15-12(3)19-18-22(17(15)24)10-11-27-18/h6-11H,4-5H2,1-3H3,(H,20,23). The van der Waals surface area contributed by atoms with E-state index in [1.165, 1.54) is 44.3 Å². The lowest BCUT2D eigenvalue weighted by molar-refractivity contribution is 0.102. The molecule has 148 valence electrons. The lowest BCUT2D eigenvalue weighted by atomic mass is 10.2. The van der Waals surface area contributed by atoms with E-state index in [1.54, 1.807) is 32.3 Å². The molecule has 2 aromatic heterocycles. The van der Waals surface area contributed by atoms with Crippen LogP contribution in [-0.4, -0.2) is 41.1 Å². The topological polar surface area (TPSA) is 101 Å². The number of hydrogen-bond donors (Lipinski definition) is 1. The summed E-state index contributed by atoms with van der Waals surface area (Å²) in [5.41, 5.74) is 0.396. The van der Waals surface area contributed by atoms with Gasteiger partial charge in [0.05, 0.1) is 10.6 Å². The van der Waals surface area contributed by atoms with E-state index in [4.69, 9.17) is 0 Å². The van der Waals surface area contributed by atoms with Gasteiger partial charge in [0.2, 0.25) is 10.0 Å². The number of aryl methyl sites for hydroxylation is 1. The van der Waals surface area contributed by atoms with Gasteiger partial charge < -0.3 is 5.32 Å². The first kappa shape index (κ1) is 20.2. The summed E-state index contributed by atoms with van der Waals surface area (Å²) in [5, 5.41) is 4.33. The van der Waals surface area contributed by atoms with Gasteiger partial charge in [-0.1, -0.05) is 13.8 Å². The highest BCUT2D eigenvalue weighted by molar-refractivity contribution is 7.89. The predicted octanol–water partition coefficient (Wildman–Crippen LogP) is 2.35. The van der Waals surface area contributed by atoms with Crippen LogP contribution in [-0.2, 0) is 10.0 Å². The van der Waals surface area contributed by atoms with Crippen LogP contribution in [0, 0.1) is 6.92 Å². The number of aromatic nitrogens is 2. The van der Waals surface area contributed by atoms with Crippen molar-refractivity contribution in [2.45, 2.75) is 25.7 Å². The molecular weight excluding hydrogens is 400 g/mol. The Morgan fingerprint density at radius 2 is 1.86 bits per heavy atom. The average Bonchev–Trinajstić information content (AvgIpc) is 3.14. The molecule has 0 aliphatic heterocycles. The van der Waals surface area contributed by atoms with Crippen LogP contribution in [0.4, 0.5) is 5.69 Å². The van der Waals surface area contributed by atoms with Gasteiger partial charge in [0.25, 0.3) is 11.5 Å². The maximum absolute atomic E-state index is 12.6. The molecule has 0 saturated heterocycles. The molecule has 28 heavy (non-hydrogen) atoms. The molecule has 0 radical (unpaired) electrons. The number of fused-ring (bicyclic) bond motifs is 1. The fourth-order valence-corrected chi connectivity index (χ4v) is 5.01. The van der Waals surface area contributed by atoms with Gasteiger partial charge in [-0.25, -0.2) is 13.4 Å². The van der Waals surface area contributed by atoms with Crippen molar-refractivity contribution in [2.75, 3.05) is 18.4 Å². The third-order valence-electron chi connectivity index (χ3n) is 4.35. The number of thiazole rings is 1. The molecule has 1 aromatic carbocycles. The molecule has 3 rings (SSSR count). The van der Waals surface area contributed by atoms with Crippen molar-refractivity contribution in [1.82, 2.24) is 13.7 Å². The van der Waals surface area contributed by atoms with E-state index in [-0.39, 0.29) is 21.7 Å². The van der Waals surface area contributed by atoms with Gasteiger partial charge in [-0.2, -0.15) is 4.31 Å². The third kappa shape index (κ3) is 3.58. The maximum Gasteiger partial charge on any atom is 0.282 e.